The quantitative estimate of drug-likeness (QED) is 0.0890. The normalized spacial score (nSPS) is 14.3. The van der Waals surface area contributed by atoms with Crippen molar-refractivity contribution in [2.24, 2.45) is 0 Å². The molecule has 0 radical (unpaired) electrons. The molecule has 1 aliphatic rings. The Morgan fingerprint density at radius 2 is 1.81 bits per heavy atom. The van der Waals surface area contributed by atoms with Gasteiger partial charge in [-0.2, -0.15) is 0 Å². The van der Waals surface area contributed by atoms with Crippen LogP contribution in [-0.4, -0.2) is 58.2 Å². The first kappa shape index (κ1) is 33.8. The third-order valence-electron chi connectivity index (χ3n) is 7.70. The van der Waals surface area contributed by atoms with E-state index in [0.717, 1.165) is 21.7 Å². The maximum Gasteiger partial charge on any atom is 0.317 e. The molecule has 0 bridgehead atoms. The van der Waals surface area contributed by atoms with Crippen LogP contribution in [0, 0.1) is 0 Å². The van der Waals surface area contributed by atoms with Crippen LogP contribution in [0.3, 0.4) is 0 Å². The molecule has 1 aliphatic heterocycles. The van der Waals surface area contributed by atoms with Crippen LogP contribution in [0.1, 0.15) is 23.4 Å². The summed E-state index contributed by atoms with van der Waals surface area (Å²) in [6.07, 6.45) is 3.02. The molecule has 3 aromatic heterocycles. The standard InChI is InChI=1S/C33H30Cl3N7O4S/c1-47-33-17(13-37-14-18-8-9-25(44)40-18)12-22(34)30(43-33)21-6-2-4-19(28(21)35)20-5-3-7-23(29(20)36)41-32-31-24(10-11-39-32)48-26(42-31)15-38-16-27(45)46/h2-7,10-12,18,37-38H,8-9,13-16H2,1H3,(H,39,41)(H,40,44)(H,45,46). The number of carboxylic acid groups (broad SMARTS) is 1. The molecule has 1 unspecified atom stereocenters. The number of carboxylic acids is 1. The largest absolute Gasteiger partial charge is 0.481 e. The number of anilines is 2. The fourth-order valence-electron chi connectivity index (χ4n) is 5.45. The first-order valence-electron chi connectivity index (χ1n) is 15.0. The summed E-state index contributed by atoms with van der Waals surface area (Å²) in [5.41, 5.74) is 4.45. The van der Waals surface area contributed by atoms with Crippen LogP contribution in [0.15, 0.2) is 54.7 Å². The van der Waals surface area contributed by atoms with Crippen LogP contribution in [0.4, 0.5) is 11.5 Å². The number of aromatic nitrogens is 3. The molecule has 0 aliphatic carbocycles. The number of hydrogen-bond acceptors (Lipinski definition) is 10. The summed E-state index contributed by atoms with van der Waals surface area (Å²) in [4.78, 5) is 36.3. The molecule has 1 atom stereocenters. The lowest BCUT2D eigenvalue weighted by atomic mass is 10.00. The number of nitrogens with zero attached hydrogens (tertiary/aromatic N) is 3. The third kappa shape index (κ3) is 7.49. The average Bonchev–Trinajstić information content (AvgIpc) is 3.68. The van der Waals surface area contributed by atoms with Gasteiger partial charge in [-0.25, -0.2) is 15.0 Å². The minimum atomic E-state index is -0.936. The van der Waals surface area contributed by atoms with Gasteiger partial charge < -0.3 is 31.1 Å². The number of thiazole rings is 1. The number of pyridine rings is 2. The van der Waals surface area contributed by atoms with Crippen LogP contribution in [0.2, 0.25) is 15.1 Å². The van der Waals surface area contributed by atoms with E-state index in [1.54, 1.807) is 13.3 Å². The number of fused-ring (bicyclic) bond motifs is 1. The van der Waals surface area contributed by atoms with Crippen molar-refractivity contribution in [1.82, 2.24) is 30.9 Å². The molecular weight excluding hydrogens is 697 g/mol. The Morgan fingerprint density at radius 1 is 1.04 bits per heavy atom. The van der Waals surface area contributed by atoms with Gasteiger partial charge >= 0.3 is 5.97 Å². The van der Waals surface area contributed by atoms with E-state index in [2.05, 4.69) is 31.2 Å². The topological polar surface area (TPSA) is 150 Å². The maximum absolute atomic E-state index is 11.5. The Morgan fingerprint density at radius 3 is 2.56 bits per heavy atom. The minimum absolute atomic E-state index is 0.0708. The monoisotopic (exact) mass is 725 g/mol. The number of carbonyl (C=O) groups excluding carboxylic acids is 1. The summed E-state index contributed by atoms with van der Waals surface area (Å²) in [5.74, 6) is 0.0565. The highest BCUT2D eigenvalue weighted by Gasteiger charge is 2.22. The molecule has 5 N–H and O–H groups in total. The predicted octanol–water partition coefficient (Wildman–Crippen LogP) is 6.68. The van der Waals surface area contributed by atoms with Gasteiger partial charge in [0.15, 0.2) is 5.82 Å². The van der Waals surface area contributed by atoms with Gasteiger partial charge in [-0.1, -0.05) is 65.1 Å². The first-order chi connectivity index (χ1) is 23.2. The van der Waals surface area contributed by atoms with Crippen molar-refractivity contribution >= 4 is 79.7 Å². The number of amides is 1. The van der Waals surface area contributed by atoms with E-state index in [0.29, 0.717) is 86.4 Å². The van der Waals surface area contributed by atoms with Gasteiger partial charge in [-0.3, -0.25) is 9.59 Å². The smallest absolute Gasteiger partial charge is 0.317 e. The van der Waals surface area contributed by atoms with Crippen molar-refractivity contribution in [2.45, 2.75) is 32.0 Å². The van der Waals surface area contributed by atoms with Crippen molar-refractivity contribution in [3.63, 3.8) is 0 Å². The molecule has 6 rings (SSSR count). The molecule has 15 heteroatoms. The SMILES string of the molecule is COc1nc(-c2cccc(-c3cccc(Nc4nccc5sc(CNCC(=O)O)nc45)c3Cl)c2Cl)c(Cl)cc1CNCC1CCC(=O)N1. The van der Waals surface area contributed by atoms with Gasteiger partial charge in [0.25, 0.3) is 0 Å². The van der Waals surface area contributed by atoms with Gasteiger partial charge in [0.2, 0.25) is 11.8 Å². The zero-order chi connectivity index (χ0) is 33.8. The molecule has 11 nitrogen and oxygen atoms in total. The lowest BCUT2D eigenvalue weighted by Gasteiger charge is -2.17. The van der Waals surface area contributed by atoms with Gasteiger partial charge in [0.1, 0.15) is 10.5 Å². The van der Waals surface area contributed by atoms with Gasteiger partial charge in [0, 0.05) is 60.5 Å². The van der Waals surface area contributed by atoms with E-state index >= 15 is 0 Å². The van der Waals surface area contributed by atoms with Crippen LogP contribution >= 0.6 is 46.1 Å². The third-order valence-corrected chi connectivity index (χ3v) is 9.82. The van der Waals surface area contributed by atoms with Crippen molar-refractivity contribution in [1.29, 1.82) is 0 Å². The molecule has 1 fully saturated rings. The van der Waals surface area contributed by atoms with E-state index in [4.69, 9.17) is 49.6 Å². The van der Waals surface area contributed by atoms with Gasteiger partial charge in [-0.15, -0.1) is 11.3 Å². The Hall–Kier alpha value is -4.04. The predicted molar refractivity (Wildman–Crippen MR) is 190 cm³/mol. The molecule has 48 heavy (non-hydrogen) atoms. The van der Waals surface area contributed by atoms with Crippen LogP contribution in [0.5, 0.6) is 5.88 Å². The lowest BCUT2D eigenvalue weighted by Crippen LogP contribution is -2.35. The van der Waals surface area contributed by atoms with E-state index in [1.165, 1.54) is 11.3 Å². The van der Waals surface area contributed by atoms with Crippen molar-refractivity contribution in [3.8, 4) is 28.3 Å². The van der Waals surface area contributed by atoms with Gasteiger partial charge in [-0.05, 0) is 24.6 Å². The lowest BCUT2D eigenvalue weighted by molar-refractivity contribution is -0.136. The summed E-state index contributed by atoms with van der Waals surface area (Å²) in [6.45, 7) is 1.24. The highest BCUT2D eigenvalue weighted by Crippen LogP contribution is 2.43. The number of nitrogens with one attached hydrogen (secondary N) is 4. The summed E-state index contributed by atoms with van der Waals surface area (Å²) >= 11 is 22.3. The molecule has 248 valence electrons. The molecule has 2 aromatic carbocycles. The summed E-state index contributed by atoms with van der Waals surface area (Å²) < 4.78 is 6.51. The fourth-order valence-corrected chi connectivity index (χ4v) is 7.25. The number of carbonyl (C=O) groups is 2. The summed E-state index contributed by atoms with van der Waals surface area (Å²) in [6, 6.07) is 14.9. The van der Waals surface area contributed by atoms with Crippen molar-refractivity contribution in [3.05, 3.63) is 80.4 Å². The molecule has 0 spiro atoms. The fraction of sp³-hybridized carbons (Fsp3) is 0.242. The number of ether oxygens (including phenoxy) is 1. The van der Waals surface area contributed by atoms with E-state index in [9.17, 15) is 9.59 Å². The maximum atomic E-state index is 11.5. The molecule has 5 aromatic rings. The zero-order valence-electron chi connectivity index (χ0n) is 25.6. The number of aliphatic carboxylic acids is 1. The van der Waals surface area contributed by atoms with Crippen LogP contribution in [0.25, 0.3) is 32.6 Å². The van der Waals surface area contributed by atoms with Crippen molar-refractivity contribution in [2.75, 3.05) is 25.5 Å². The Kier molecular flexibility index (Phi) is 10.6. The second kappa shape index (κ2) is 15.0. The molecular formula is C33H30Cl3N7O4S. The highest BCUT2D eigenvalue weighted by atomic mass is 35.5. The summed E-state index contributed by atoms with van der Waals surface area (Å²) in [5, 5.41) is 23.4. The van der Waals surface area contributed by atoms with E-state index < -0.39 is 5.97 Å². The van der Waals surface area contributed by atoms with Crippen LogP contribution in [-0.2, 0) is 22.7 Å². The van der Waals surface area contributed by atoms with Crippen molar-refractivity contribution < 1.29 is 19.4 Å². The minimum Gasteiger partial charge on any atom is -0.481 e. The Labute approximate surface area is 295 Å². The average molecular weight is 727 g/mol. The van der Waals surface area contributed by atoms with Gasteiger partial charge in [0.05, 0.1) is 44.8 Å². The van der Waals surface area contributed by atoms with E-state index in [-0.39, 0.29) is 18.5 Å². The second-order valence-electron chi connectivity index (χ2n) is 11.0. The first-order valence-corrected chi connectivity index (χ1v) is 16.9. The number of hydrogen-bond donors (Lipinski definition) is 5. The number of rotatable bonds is 13. The van der Waals surface area contributed by atoms with E-state index in [1.807, 2.05) is 48.5 Å². The van der Waals surface area contributed by atoms with Crippen LogP contribution < -0.4 is 26.0 Å². The zero-order valence-corrected chi connectivity index (χ0v) is 28.7. The molecule has 4 heterocycles. The Balaban J connectivity index is 1.25. The summed E-state index contributed by atoms with van der Waals surface area (Å²) in [7, 11) is 1.55. The second-order valence-corrected chi connectivity index (χ2v) is 13.3. The molecule has 1 amide bonds. The number of methoxy groups -OCH3 is 1. The molecule has 0 saturated carbocycles. The Bertz CT molecular complexity index is 2010. The molecule has 1 saturated heterocycles. The number of benzene rings is 2. The number of halogens is 3. The highest BCUT2D eigenvalue weighted by molar-refractivity contribution is 7.18.